The monoisotopic (exact) mass is 290 g/mol. The van der Waals surface area contributed by atoms with Gasteiger partial charge in [0.25, 0.3) is 5.91 Å². The predicted molar refractivity (Wildman–Crippen MR) is 79.0 cm³/mol. The van der Waals surface area contributed by atoms with Gasteiger partial charge in [-0.25, -0.2) is 0 Å². The molecule has 0 unspecified atom stereocenters. The summed E-state index contributed by atoms with van der Waals surface area (Å²) < 4.78 is 5.25. The summed E-state index contributed by atoms with van der Waals surface area (Å²) >= 11 is 5.79. The first-order valence-corrected chi connectivity index (χ1v) is 6.66. The standard InChI is InChI=1S/C15H15ClN2O2/c1-2-20-10-14-6-3-11(9-17-14)15(19)18-13-7-4-12(16)5-8-13/h3-9H,2,10H2,1H3,(H,18,19). The number of carbonyl (C=O) groups excluding carboxylic acids is 1. The Morgan fingerprint density at radius 1 is 1.25 bits per heavy atom. The molecule has 104 valence electrons. The topological polar surface area (TPSA) is 51.2 Å². The third kappa shape index (κ3) is 4.05. The molecule has 1 aromatic heterocycles. The van der Waals surface area contributed by atoms with Crippen LogP contribution in [0.2, 0.25) is 5.02 Å². The van der Waals surface area contributed by atoms with Crippen LogP contribution >= 0.6 is 11.6 Å². The maximum atomic E-state index is 12.0. The van der Waals surface area contributed by atoms with Crippen LogP contribution in [0.5, 0.6) is 0 Å². The Morgan fingerprint density at radius 2 is 2.00 bits per heavy atom. The molecule has 20 heavy (non-hydrogen) atoms. The maximum absolute atomic E-state index is 12.0. The number of benzene rings is 1. The van der Waals surface area contributed by atoms with Gasteiger partial charge >= 0.3 is 0 Å². The van der Waals surface area contributed by atoms with Gasteiger partial charge in [0.05, 0.1) is 17.9 Å². The molecule has 1 heterocycles. The van der Waals surface area contributed by atoms with Gasteiger partial charge in [-0.3, -0.25) is 9.78 Å². The number of aromatic nitrogens is 1. The Morgan fingerprint density at radius 3 is 2.60 bits per heavy atom. The van der Waals surface area contributed by atoms with Crippen LogP contribution in [-0.2, 0) is 11.3 Å². The smallest absolute Gasteiger partial charge is 0.257 e. The van der Waals surface area contributed by atoms with E-state index in [2.05, 4.69) is 10.3 Å². The maximum Gasteiger partial charge on any atom is 0.257 e. The van der Waals surface area contributed by atoms with E-state index in [4.69, 9.17) is 16.3 Å². The molecular weight excluding hydrogens is 276 g/mol. The van der Waals surface area contributed by atoms with Gasteiger partial charge in [-0.1, -0.05) is 11.6 Å². The number of carbonyl (C=O) groups is 1. The second-order valence-electron chi connectivity index (χ2n) is 4.14. The second-order valence-corrected chi connectivity index (χ2v) is 4.57. The van der Waals surface area contributed by atoms with Crippen molar-refractivity contribution in [2.24, 2.45) is 0 Å². The van der Waals surface area contributed by atoms with E-state index in [1.807, 2.05) is 6.92 Å². The first kappa shape index (κ1) is 14.5. The van der Waals surface area contributed by atoms with Crippen molar-refractivity contribution >= 4 is 23.2 Å². The minimum atomic E-state index is -0.206. The predicted octanol–water partition coefficient (Wildman–Crippen LogP) is 3.52. The molecule has 0 aliphatic rings. The van der Waals surface area contributed by atoms with Crippen LogP contribution < -0.4 is 5.32 Å². The van der Waals surface area contributed by atoms with Gasteiger partial charge in [-0.2, -0.15) is 0 Å². The van der Waals surface area contributed by atoms with Crippen LogP contribution in [0.3, 0.4) is 0 Å². The summed E-state index contributed by atoms with van der Waals surface area (Å²) in [4.78, 5) is 16.2. The van der Waals surface area contributed by atoms with E-state index in [0.29, 0.717) is 29.5 Å². The summed E-state index contributed by atoms with van der Waals surface area (Å²) in [6.07, 6.45) is 1.54. The first-order chi connectivity index (χ1) is 9.69. The lowest BCUT2D eigenvalue weighted by Gasteiger charge is -2.06. The average molecular weight is 291 g/mol. The van der Waals surface area contributed by atoms with Crippen molar-refractivity contribution in [2.45, 2.75) is 13.5 Å². The Balaban J connectivity index is 2.00. The van der Waals surface area contributed by atoms with Gasteiger partial charge in [-0.15, -0.1) is 0 Å². The molecule has 4 nitrogen and oxygen atoms in total. The summed E-state index contributed by atoms with van der Waals surface area (Å²) in [5.41, 5.74) is 1.99. The fourth-order valence-electron chi connectivity index (χ4n) is 1.59. The summed E-state index contributed by atoms with van der Waals surface area (Å²) in [6, 6.07) is 10.5. The van der Waals surface area contributed by atoms with Crippen molar-refractivity contribution in [1.82, 2.24) is 4.98 Å². The third-order valence-electron chi connectivity index (χ3n) is 2.64. The highest BCUT2D eigenvalue weighted by Gasteiger charge is 2.06. The molecule has 0 radical (unpaired) electrons. The molecular formula is C15H15ClN2O2. The zero-order chi connectivity index (χ0) is 14.4. The van der Waals surface area contributed by atoms with Crippen molar-refractivity contribution in [3.63, 3.8) is 0 Å². The third-order valence-corrected chi connectivity index (χ3v) is 2.90. The minimum Gasteiger partial charge on any atom is -0.375 e. The minimum absolute atomic E-state index is 0.206. The largest absolute Gasteiger partial charge is 0.375 e. The van der Waals surface area contributed by atoms with Crippen LogP contribution in [-0.4, -0.2) is 17.5 Å². The number of hydrogen-bond donors (Lipinski definition) is 1. The van der Waals surface area contributed by atoms with Gasteiger partial charge in [-0.05, 0) is 43.3 Å². The fourth-order valence-corrected chi connectivity index (χ4v) is 1.71. The van der Waals surface area contributed by atoms with Crippen LogP contribution in [0.15, 0.2) is 42.6 Å². The number of hydrogen-bond acceptors (Lipinski definition) is 3. The number of anilines is 1. The first-order valence-electron chi connectivity index (χ1n) is 6.28. The SMILES string of the molecule is CCOCc1ccc(C(=O)Nc2ccc(Cl)cc2)cn1. The number of rotatable bonds is 5. The quantitative estimate of drug-likeness (QED) is 0.916. The van der Waals surface area contributed by atoms with Crippen LogP contribution in [0.4, 0.5) is 5.69 Å². The molecule has 0 aliphatic carbocycles. The molecule has 1 N–H and O–H groups in total. The fraction of sp³-hybridized carbons (Fsp3) is 0.200. The Hall–Kier alpha value is -1.91. The van der Waals surface area contributed by atoms with E-state index in [1.54, 1.807) is 42.6 Å². The lowest BCUT2D eigenvalue weighted by Crippen LogP contribution is -2.12. The Bertz CT molecular complexity index is 567. The van der Waals surface area contributed by atoms with E-state index in [-0.39, 0.29) is 5.91 Å². The van der Waals surface area contributed by atoms with E-state index < -0.39 is 0 Å². The van der Waals surface area contributed by atoms with Crippen LogP contribution in [0, 0.1) is 0 Å². The van der Waals surface area contributed by atoms with Crippen molar-refractivity contribution in [3.05, 3.63) is 58.9 Å². The number of halogens is 1. The normalized spacial score (nSPS) is 10.3. The molecule has 5 heteroatoms. The Labute approximate surface area is 122 Å². The molecule has 0 saturated carbocycles. The summed E-state index contributed by atoms with van der Waals surface area (Å²) in [5, 5.41) is 3.41. The van der Waals surface area contributed by atoms with Crippen molar-refractivity contribution in [1.29, 1.82) is 0 Å². The van der Waals surface area contributed by atoms with E-state index in [1.165, 1.54) is 0 Å². The van der Waals surface area contributed by atoms with Gasteiger partial charge in [0.15, 0.2) is 0 Å². The number of nitrogens with one attached hydrogen (secondary N) is 1. The highest BCUT2D eigenvalue weighted by Crippen LogP contribution is 2.14. The lowest BCUT2D eigenvalue weighted by atomic mass is 10.2. The molecule has 0 bridgehead atoms. The average Bonchev–Trinajstić information content (AvgIpc) is 2.48. The zero-order valence-electron chi connectivity index (χ0n) is 11.1. The highest BCUT2D eigenvalue weighted by molar-refractivity contribution is 6.30. The van der Waals surface area contributed by atoms with Gasteiger partial charge in [0, 0.05) is 23.5 Å². The van der Waals surface area contributed by atoms with Gasteiger partial charge in [0.1, 0.15) is 0 Å². The van der Waals surface area contributed by atoms with Gasteiger partial charge in [0.2, 0.25) is 0 Å². The van der Waals surface area contributed by atoms with E-state index >= 15 is 0 Å². The molecule has 0 saturated heterocycles. The summed E-state index contributed by atoms with van der Waals surface area (Å²) in [6.45, 7) is 3.02. The van der Waals surface area contributed by atoms with Crippen molar-refractivity contribution in [2.75, 3.05) is 11.9 Å². The molecule has 1 amide bonds. The van der Waals surface area contributed by atoms with E-state index in [9.17, 15) is 4.79 Å². The molecule has 0 spiro atoms. The summed E-state index contributed by atoms with van der Waals surface area (Å²) in [5.74, 6) is -0.206. The number of ether oxygens (including phenoxy) is 1. The lowest BCUT2D eigenvalue weighted by molar-refractivity contribution is 0.102. The van der Waals surface area contributed by atoms with Crippen LogP contribution in [0.25, 0.3) is 0 Å². The zero-order valence-corrected chi connectivity index (χ0v) is 11.9. The number of pyridine rings is 1. The van der Waals surface area contributed by atoms with E-state index in [0.717, 1.165) is 5.69 Å². The highest BCUT2D eigenvalue weighted by atomic mass is 35.5. The Kier molecular flexibility index (Phi) is 5.09. The van der Waals surface area contributed by atoms with Crippen molar-refractivity contribution in [3.8, 4) is 0 Å². The number of nitrogens with zero attached hydrogens (tertiary/aromatic N) is 1. The van der Waals surface area contributed by atoms with Crippen molar-refractivity contribution < 1.29 is 9.53 Å². The second kappa shape index (κ2) is 7.03. The molecule has 0 fully saturated rings. The molecule has 2 rings (SSSR count). The van der Waals surface area contributed by atoms with Gasteiger partial charge < -0.3 is 10.1 Å². The molecule has 0 atom stereocenters. The molecule has 2 aromatic rings. The molecule has 0 aliphatic heterocycles. The molecule has 1 aromatic carbocycles. The van der Waals surface area contributed by atoms with Crippen LogP contribution in [0.1, 0.15) is 23.0 Å². The summed E-state index contributed by atoms with van der Waals surface area (Å²) in [7, 11) is 0. The number of amides is 1.